The Labute approximate surface area is 157 Å². The predicted molar refractivity (Wildman–Crippen MR) is 106 cm³/mol. The van der Waals surface area contributed by atoms with E-state index in [1.165, 1.54) is 11.1 Å². The van der Waals surface area contributed by atoms with Crippen LogP contribution >= 0.6 is 15.9 Å². The molecular formula is C19H25BrN4O. The summed E-state index contributed by atoms with van der Waals surface area (Å²) in [6.07, 6.45) is 1.88. The van der Waals surface area contributed by atoms with Crippen LogP contribution in [0.25, 0.3) is 10.9 Å². The highest BCUT2D eigenvalue weighted by Gasteiger charge is 2.22. The molecule has 1 saturated heterocycles. The topological polar surface area (TPSA) is 39.7 Å². The van der Waals surface area contributed by atoms with Gasteiger partial charge in [0.2, 0.25) is 5.91 Å². The first-order valence-electron chi connectivity index (χ1n) is 8.91. The minimum Gasteiger partial charge on any atom is -0.368 e. The summed E-state index contributed by atoms with van der Waals surface area (Å²) in [5.41, 5.74) is 2.23. The quantitative estimate of drug-likeness (QED) is 0.767. The molecular weight excluding hydrogens is 380 g/mol. The second-order valence-corrected chi connectivity index (χ2v) is 7.24. The Balaban J connectivity index is 1.66. The third kappa shape index (κ3) is 4.12. The molecule has 0 atom stereocenters. The van der Waals surface area contributed by atoms with Gasteiger partial charge in [0.25, 0.3) is 0 Å². The Hall–Kier alpha value is -1.66. The van der Waals surface area contributed by atoms with Crippen molar-refractivity contribution in [3.05, 3.63) is 34.9 Å². The summed E-state index contributed by atoms with van der Waals surface area (Å²) in [5, 5.41) is 1.18. The van der Waals surface area contributed by atoms with Gasteiger partial charge in [-0.05, 0) is 38.1 Å². The summed E-state index contributed by atoms with van der Waals surface area (Å²) in [7, 11) is 0. The fourth-order valence-electron chi connectivity index (χ4n) is 3.40. The van der Waals surface area contributed by atoms with Gasteiger partial charge in [0.05, 0.1) is 12.1 Å². The number of aromatic nitrogens is 1. The van der Waals surface area contributed by atoms with Crippen molar-refractivity contribution >= 4 is 38.4 Å². The molecule has 0 unspecified atom stereocenters. The van der Waals surface area contributed by atoms with Gasteiger partial charge in [-0.15, -0.1) is 0 Å². The van der Waals surface area contributed by atoms with Crippen LogP contribution in [0.4, 0.5) is 5.69 Å². The van der Waals surface area contributed by atoms with Gasteiger partial charge in [-0.3, -0.25) is 14.7 Å². The van der Waals surface area contributed by atoms with Crippen LogP contribution in [0.15, 0.2) is 34.9 Å². The molecule has 0 aliphatic carbocycles. The van der Waals surface area contributed by atoms with E-state index in [0.29, 0.717) is 6.54 Å². The first-order chi connectivity index (χ1) is 12.1. The van der Waals surface area contributed by atoms with E-state index >= 15 is 0 Å². The summed E-state index contributed by atoms with van der Waals surface area (Å²) in [4.78, 5) is 23.3. The van der Waals surface area contributed by atoms with E-state index < -0.39 is 0 Å². The first kappa shape index (κ1) is 18.1. The van der Waals surface area contributed by atoms with Crippen molar-refractivity contribution in [1.29, 1.82) is 0 Å². The Morgan fingerprint density at radius 2 is 1.88 bits per heavy atom. The average molecular weight is 405 g/mol. The zero-order valence-electron chi connectivity index (χ0n) is 14.9. The van der Waals surface area contributed by atoms with Crippen LogP contribution in [-0.2, 0) is 4.79 Å². The maximum absolute atomic E-state index is 12.3. The lowest BCUT2D eigenvalue weighted by Crippen LogP contribution is -2.50. The molecule has 1 aromatic heterocycles. The lowest BCUT2D eigenvalue weighted by atomic mass is 10.1. The Kier molecular flexibility index (Phi) is 5.91. The number of amides is 1. The molecule has 6 heteroatoms. The number of likely N-dealkylation sites (N-methyl/N-ethyl adjacent to an activating group) is 1. The van der Waals surface area contributed by atoms with Crippen molar-refractivity contribution < 1.29 is 4.79 Å². The molecule has 2 heterocycles. The van der Waals surface area contributed by atoms with Gasteiger partial charge in [0.1, 0.15) is 0 Å². The van der Waals surface area contributed by atoms with Gasteiger partial charge in [0, 0.05) is 61.0 Å². The SMILES string of the molecule is CCN(CC)C(=O)CN1CCN(c2ccnc3cc(Br)ccc23)CC1. The number of carbonyl (C=O) groups excluding carboxylic acids is 1. The molecule has 0 N–H and O–H groups in total. The lowest BCUT2D eigenvalue weighted by Gasteiger charge is -2.36. The van der Waals surface area contributed by atoms with E-state index in [1.807, 2.05) is 24.9 Å². The molecule has 3 rings (SSSR count). The maximum atomic E-state index is 12.3. The molecule has 5 nitrogen and oxygen atoms in total. The number of pyridine rings is 1. The van der Waals surface area contributed by atoms with Crippen molar-refractivity contribution in [2.45, 2.75) is 13.8 Å². The highest BCUT2D eigenvalue weighted by molar-refractivity contribution is 9.10. The summed E-state index contributed by atoms with van der Waals surface area (Å²) in [5.74, 6) is 0.234. The fraction of sp³-hybridized carbons (Fsp3) is 0.474. The number of benzene rings is 1. The molecule has 134 valence electrons. The first-order valence-corrected chi connectivity index (χ1v) is 9.71. The predicted octanol–water partition coefficient (Wildman–Crippen LogP) is 2.99. The van der Waals surface area contributed by atoms with Crippen molar-refractivity contribution in [2.24, 2.45) is 0 Å². The van der Waals surface area contributed by atoms with Gasteiger partial charge in [-0.25, -0.2) is 0 Å². The van der Waals surface area contributed by atoms with Gasteiger partial charge < -0.3 is 9.80 Å². The summed E-state index contributed by atoms with van der Waals surface area (Å²) in [6, 6.07) is 8.33. The second-order valence-electron chi connectivity index (χ2n) is 6.32. The monoisotopic (exact) mass is 404 g/mol. The molecule has 1 amide bonds. The minimum absolute atomic E-state index is 0.234. The van der Waals surface area contributed by atoms with Gasteiger partial charge >= 0.3 is 0 Å². The minimum atomic E-state index is 0.234. The Morgan fingerprint density at radius 3 is 2.56 bits per heavy atom. The summed E-state index contributed by atoms with van der Waals surface area (Å²) < 4.78 is 1.05. The number of rotatable bonds is 5. The molecule has 0 bridgehead atoms. The van der Waals surface area contributed by atoms with E-state index in [2.05, 4.69) is 55.0 Å². The molecule has 0 spiro atoms. The van der Waals surface area contributed by atoms with E-state index in [4.69, 9.17) is 0 Å². The molecule has 1 aromatic carbocycles. The molecule has 1 aliphatic heterocycles. The van der Waals surface area contributed by atoms with Crippen molar-refractivity contribution in [3.8, 4) is 0 Å². The fourth-order valence-corrected chi connectivity index (χ4v) is 3.75. The van der Waals surface area contributed by atoms with Crippen molar-refractivity contribution in [3.63, 3.8) is 0 Å². The summed E-state index contributed by atoms with van der Waals surface area (Å²) in [6.45, 7) is 9.85. The van der Waals surface area contributed by atoms with Crippen LogP contribution < -0.4 is 4.90 Å². The zero-order chi connectivity index (χ0) is 17.8. The number of anilines is 1. The highest BCUT2D eigenvalue weighted by atomic mass is 79.9. The van der Waals surface area contributed by atoms with Crippen LogP contribution in [0.1, 0.15) is 13.8 Å². The largest absolute Gasteiger partial charge is 0.368 e. The molecule has 0 radical (unpaired) electrons. The number of piperazine rings is 1. The maximum Gasteiger partial charge on any atom is 0.236 e. The van der Waals surface area contributed by atoms with Crippen LogP contribution in [0.5, 0.6) is 0 Å². The smallest absolute Gasteiger partial charge is 0.236 e. The third-order valence-corrected chi connectivity index (χ3v) is 5.36. The van der Waals surface area contributed by atoms with Crippen molar-refractivity contribution in [2.75, 3.05) is 50.7 Å². The van der Waals surface area contributed by atoms with E-state index in [-0.39, 0.29) is 5.91 Å². The summed E-state index contributed by atoms with van der Waals surface area (Å²) >= 11 is 3.51. The molecule has 25 heavy (non-hydrogen) atoms. The van der Waals surface area contributed by atoms with E-state index in [1.54, 1.807) is 0 Å². The molecule has 0 saturated carbocycles. The second kappa shape index (κ2) is 8.15. The van der Waals surface area contributed by atoms with Gasteiger partial charge in [-0.2, -0.15) is 0 Å². The molecule has 2 aromatic rings. The standard InChI is InChI=1S/C19H25BrN4O/c1-3-23(4-2)19(25)14-22-9-11-24(12-10-22)18-7-8-21-17-13-15(20)5-6-16(17)18/h5-8,13H,3-4,9-12,14H2,1-2H3. The van der Waals surface area contributed by atoms with Crippen LogP contribution in [0, 0.1) is 0 Å². The average Bonchev–Trinajstić information content (AvgIpc) is 2.62. The number of hydrogen-bond donors (Lipinski definition) is 0. The highest BCUT2D eigenvalue weighted by Crippen LogP contribution is 2.28. The molecule has 1 aliphatic rings. The third-order valence-electron chi connectivity index (χ3n) is 4.87. The number of hydrogen-bond acceptors (Lipinski definition) is 4. The van der Waals surface area contributed by atoms with Crippen LogP contribution in [0.3, 0.4) is 0 Å². The molecule has 1 fully saturated rings. The number of nitrogens with zero attached hydrogens (tertiary/aromatic N) is 4. The normalized spacial score (nSPS) is 15.6. The number of carbonyl (C=O) groups is 1. The number of halogens is 1. The van der Waals surface area contributed by atoms with Gasteiger partial charge in [-0.1, -0.05) is 15.9 Å². The van der Waals surface area contributed by atoms with Crippen LogP contribution in [-0.4, -0.2) is 66.5 Å². The lowest BCUT2D eigenvalue weighted by molar-refractivity contribution is -0.132. The van der Waals surface area contributed by atoms with Crippen LogP contribution in [0.2, 0.25) is 0 Å². The van der Waals surface area contributed by atoms with Gasteiger partial charge in [0.15, 0.2) is 0 Å². The van der Waals surface area contributed by atoms with E-state index in [9.17, 15) is 4.79 Å². The number of fused-ring (bicyclic) bond motifs is 1. The zero-order valence-corrected chi connectivity index (χ0v) is 16.5. The van der Waals surface area contributed by atoms with E-state index in [0.717, 1.165) is 49.3 Å². The van der Waals surface area contributed by atoms with Crippen molar-refractivity contribution in [1.82, 2.24) is 14.8 Å². The Morgan fingerprint density at radius 1 is 1.16 bits per heavy atom. The Bertz CT molecular complexity index is 739.